The molecule has 2 heterocycles. The first-order valence-corrected chi connectivity index (χ1v) is 10.2. The topological polar surface area (TPSA) is 74.8 Å². The van der Waals surface area contributed by atoms with Crippen molar-refractivity contribution in [3.63, 3.8) is 0 Å². The van der Waals surface area contributed by atoms with E-state index in [1.807, 2.05) is 37.3 Å². The fourth-order valence-corrected chi connectivity index (χ4v) is 3.78. The number of ether oxygens (including phenoxy) is 1. The number of rotatable bonds is 7. The fraction of sp³-hybridized carbons (Fsp3) is 0.435. The Morgan fingerprint density at radius 2 is 2.07 bits per heavy atom. The maximum absolute atomic E-state index is 12.8. The Balaban J connectivity index is 1.71. The fourth-order valence-electron chi connectivity index (χ4n) is 3.78. The zero-order valence-corrected chi connectivity index (χ0v) is 18.1. The highest BCUT2D eigenvalue weighted by molar-refractivity contribution is 5.88. The molecule has 1 saturated heterocycles. The number of pyridine rings is 1. The van der Waals surface area contributed by atoms with Gasteiger partial charge in [0.25, 0.3) is 0 Å². The number of nitrogens with zero attached hydrogens (tertiary/aromatic N) is 3. The molecule has 0 radical (unpaired) electrons. The number of hydrogen-bond donors (Lipinski definition) is 1. The molecule has 2 amide bonds. The molecule has 1 aromatic carbocycles. The van der Waals surface area contributed by atoms with Gasteiger partial charge < -0.3 is 15.0 Å². The maximum Gasteiger partial charge on any atom is 0.237 e. The number of amides is 2. The number of piperazine rings is 1. The van der Waals surface area contributed by atoms with Gasteiger partial charge in [-0.2, -0.15) is 0 Å². The van der Waals surface area contributed by atoms with Crippen molar-refractivity contribution in [1.82, 2.24) is 20.1 Å². The van der Waals surface area contributed by atoms with Crippen molar-refractivity contribution < 1.29 is 14.3 Å². The molecule has 0 unspecified atom stereocenters. The van der Waals surface area contributed by atoms with E-state index in [-0.39, 0.29) is 18.2 Å². The van der Waals surface area contributed by atoms with Gasteiger partial charge in [-0.1, -0.05) is 12.1 Å². The van der Waals surface area contributed by atoms with Crippen LogP contribution in [0.25, 0.3) is 0 Å². The summed E-state index contributed by atoms with van der Waals surface area (Å²) in [7, 11) is 3.42. The average Bonchev–Trinajstić information content (AvgIpc) is 2.74. The molecular weight excluding hydrogens is 380 g/mol. The second-order valence-electron chi connectivity index (χ2n) is 7.73. The van der Waals surface area contributed by atoms with E-state index in [9.17, 15) is 9.59 Å². The molecule has 1 atom stereocenters. The summed E-state index contributed by atoms with van der Waals surface area (Å²) < 4.78 is 5.40. The van der Waals surface area contributed by atoms with Crippen molar-refractivity contribution in [1.29, 1.82) is 0 Å². The number of benzene rings is 1. The minimum absolute atomic E-state index is 0.0738. The van der Waals surface area contributed by atoms with Gasteiger partial charge in [0, 0.05) is 32.9 Å². The Bertz CT molecular complexity index is 901. The number of methoxy groups -OCH3 is 1. The van der Waals surface area contributed by atoms with Gasteiger partial charge in [-0.3, -0.25) is 19.5 Å². The standard InChI is InChI=1S/C23H30N4O3/c1-16-17(2)21(30-4)9-8-18(16)14-27-12-11-25-23(29)20(27)13-22(28)26(3)15-19-7-5-6-10-24-19/h5-10,20H,11-15H2,1-4H3,(H,25,29)/t20-/m1/s1. The number of carbonyl (C=O) groups excluding carboxylic acids is 2. The summed E-state index contributed by atoms with van der Waals surface area (Å²) in [4.78, 5) is 33.4. The molecular formula is C23H30N4O3. The molecule has 1 aromatic heterocycles. The van der Waals surface area contributed by atoms with E-state index in [0.717, 1.165) is 28.1 Å². The van der Waals surface area contributed by atoms with E-state index in [1.165, 1.54) is 0 Å². The first-order valence-electron chi connectivity index (χ1n) is 10.2. The molecule has 1 N–H and O–H groups in total. The lowest BCUT2D eigenvalue weighted by molar-refractivity contribution is -0.138. The zero-order chi connectivity index (χ0) is 21.7. The van der Waals surface area contributed by atoms with Crippen LogP contribution >= 0.6 is 0 Å². The normalized spacial score (nSPS) is 16.8. The van der Waals surface area contributed by atoms with Crippen molar-refractivity contribution in [3.05, 3.63) is 58.9 Å². The maximum atomic E-state index is 12.8. The molecule has 0 saturated carbocycles. The molecule has 2 aromatic rings. The largest absolute Gasteiger partial charge is 0.496 e. The van der Waals surface area contributed by atoms with E-state index in [2.05, 4.69) is 22.1 Å². The van der Waals surface area contributed by atoms with Gasteiger partial charge in [0.2, 0.25) is 11.8 Å². The van der Waals surface area contributed by atoms with Crippen molar-refractivity contribution in [3.8, 4) is 5.75 Å². The average molecular weight is 411 g/mol. The quantitative estimate of drug-likeness (QED) is 0.756. The Kier molecular flexibility index (Phi) is 7.05. The second-order valence-corrected chi connectivity index (χ2v) is 7.73. The third-order valence-electron chi connectivity index (χ3n) is 5.80. The van der Waals surface area contributed by atoms with E-state index in [0.29, 0.717) is 26.2 Å². The van der Waals surface area contributed by atoms with Gasteiger partial charge in [-0.15, -0.1) is 0 Å². The summed E-state index contributed by atoms with van der Waals surface area (Å²) >= 11 is 0. The minimum Gasteiger partial charge on any atom is -0.496 e. The summed E-state index contributed by atoms with van der Waals surface area (Å²) in [6.07, 6.45) is 1.85. The molecule has 1 aliphatic heterocycles. The van der Waals surface area contributed by atoms with Gasteiger partial charge >= 0.3 is 0 Å². The molecule has 0 bridgehead atoms. The number of aromatic nitrogens is 1. The van der Waals surface area contributed by atoms with Crippen LogP contribution in [0.2, 0.25) is 0 Å². The van der Waals surface area contributed by atoms with Crippen LogP contribution in [0.1, 0.15) is 28.8 Å². The second kappa shape index (κ2) is 9.71. The van der Waals surface area contributed by atoms with Crippen molar-refractivity contribution in [2.24, 2.45) is 0 Å². The predicted octanol–water partition coefficient (Wildman–Crippen LogP) is 2.06. The van der Waals surface area contributed by atoms with Gasteiger partial charge in [0.1, 0.15) is 5.75 Å². The summed E-state index contributed by atoms with van der Waals surface area (Å²) in [5.41, 5.74) is 4.21. The summed E-state index contributed by atoms with van der Waals surface area (Å²) in [6, 6.07) is 9.15. The van der Waals surface area contributed by atoms with Gasteiger partial charge in [-0.25, -0.2) is 0 Å². The molecule has 7 heteroatoms. The summed E-state index contributed by atoms with van der Waals surface area (Å²) in [5, 5.41) is 2.90. The van der Waals surface area contributed by atoms with Crippen LogP contribution in [0.5, 0.6) is 5.75 Å². The van der Waals surface area contributed by atoms with Crippen LogP contribution in [0.4, 0.5) is 0 Å². The number of hydrogen-bond acceptors (Lipinski definition) is 5. The lowest BCUT2D eigenvalue weighted by Gasteiger charge is -2.36. The van der Waals surface area contributed by atoms with Crippen LogP contribution in [0.15, 0.2) is 36.5 Å². The molecule has 7 nitrogen and oxygen atoms in total. The van der Waals surface area contributed by atoms with E-state index < -0.39 is 6.04 Å². The van der Waals surface area contributed by atoms with Crippen molar-refractivity contribution in [2.45, 2.75) is 39.4 Å². The Morgan fingerprint density at radius 1 is 1.27 bits per heavy atom. The Morgan fingerprint density at radius 3 is 2.77 bits per heavy atom. The van der Waals surface area contributed by atoms with Crippen LogP contribution in [-0.2, 0) is 22.7 Å². The summed E-state index contributed by atoms with van der Waals surface area (Å²) in [6.45, 7) is 6.43. The monoisotopic (exact) mass is 410 g/mol. The smallest absolute Gasteiger partial charge is 0.237 e. The molecule has 1 aliphatic rings. The molecule has 3 rings (SSSR count). The first-order chi connectivity index (χ1) is 14.4. The molecule has 30 heavy (non-hydrogen) atoms. The molecule has 160 valence electrons. The first kappa shape index (κ1) is 21.8. The lowest BCUT2D eigenvalue weighted by atomic mass is 10.00. The summed E-state index contributed by atoms with van der Waals surface area (Å²) in [5.74, 6) is 0.689. The van der Waals surface area contributed by atoms with E-state index in [4.69, 9.17) is 4.74 Å². The van der Waals surface area contributed by atoms with Gasteiger partial charge in [0.15, 0.2) is 0 Å². The van der Waals surface area contributed by atoms with Crippen molar-refractivity contribution in [2.75, 3.05) is 27.2 Å². The lowest BCUT2D eigenvalue weighted by Crippen LogP contribution is -2.56. The van der Waals surface area contributed by atoms with E-state index in [1.54, 1.807) is 25.3 Å². The third kappa shape index (κ3) is 4.97. The highest BCUT2D eigenvalue weighted by Crippen LogP contribution is 2.26. The van der Waals surface area contributed by atoms with Crippen LogP contribution in [-0.4, -0.2) is 59.9 Å². The molecule has 0 aliphatic carbocycles. The predicted molar refractivity (Wildman–Crippen MR) is 115 cm³/mol. The highest BCUT2D eigenvalue weighted by atomic mass is 16.5. The third-order valence-corrected chi connectivity index (χ3v) is 5.80. The zero-order valence-electron chi connectivity index (χ0n) is 18.1. The van der Waals surface area contributed by atoms with Gasteiger partial charge in [0.05, 0.1) is 31.8 Å². The SMILES string of the molecule is COc1ccc(CN2CCNC(=O)[C@H]2CC(=O)N(C)Cc2ccccn2)c(C)c1C. The van der Waals surface area contributed by atoms with Crippen LogP contribution < -0.4 is 10.1 Å². The number of nitrogens with one attached hydrogen (secondary N) is 1. The highest BCUT2D eigenvalue weighted by Gasteiger charge is 2.32. The minimum atomic E-state index is -0.487. The van der Waals surface area contributed by atoms with Crippen LogP contribution in [0, 0.1) is 13.8 Å². The molecule has 1 fully saturated rings. The Hall–Kier alpha value is -2.93. The van der Waals surface area contributed by atoms with Gasteiger partial charge in [-0.05, 0) is 48.7 Å². The van der Waals surface area contributed by atoms with Crippen LogP contribution in [0.3, 0.4) is 0 Å². The van der Waals surface area contributed by atoms with Crippen molar-refractivity contribution >= 4 is 11.8 Å². The number of carbonyl (C=O) groups is 2. The Labute approximate surface area is 178 Å². The van der Waals surface area contributed by atoms with E-state index >= 15 is 0 Å². The molecule has 0 spiro atoms.